The normalized spacial score (nSPS) is 10.8. The lowest BCUT2D eigenvalue weighted by atomic mass is 10.4. The van der Waals surface area contributed by atoms with Crippen LogP contribution in [0.2, 0.25) is 0 Å². The molecule has 3 aromatic heterocycles. The quantitative estimate of drug-likeness (QED) is 0.671. The van der Waals surface area contributed by atoms with Gasteiger partial charge in [0.05, 0.1) is 12.4 Å². The van der Waals surface area contributed by atoms with Crippen LogP contribution in [0.3, 0.4) is 0 Å². The number of fused-ring (bicyclic) bond motifs is 1. The predicted molar refractivity (Wildman–Crippen MR) is 68.6 cm³/mol. The molecule has 3 rings (SSSR count). The van der Waals surface area contributed by atoms with E-state index in [9.17, 15) is 4.79 Å². The van der Waals surface area contributed by atoms with E-state index in [0.29, 0.717) is 17.1 Å². The molecule has 0 aliphatic rings. The number of aryl methyl sites for hydroxylation is 1. The Labute approximate surface area is 109 Å². The summed E-state index contributed by atoms with van der Waals surface area (Å²) in [6.45, 7) is 2.74. The number of carbonyl (C=O) groups is 1. The Morgan fingerprint density at radius 2 is 2.32 bits per heavy atom. The number of rotatable bonds is 4. The zero-order valence-electron chi connectivity index (χ0n) is 10.4. The number of aromatic nitrogens is 4. The van der Waals surface area contributed by atoms with Gasteiger partial charge in [-0.15, -0.1) is 0 Å². The van der Waals surface area contributed by atoms with E-state index in [4.69, 9.17) is 4.74 Å². The Morgan fingerprint density at radius 3 is 3.05 bits per heavy atom. The molecule has 0 radical (unpaired) electrons. The van der Waals surface area contributed by atoms with E-state index in [1.54, 1.807) is 27.7 Å². The van der Waals surface area contributed by atoms with Crippen LogP contribution in [-0.2, 0) is 6.54 Å². The molecule has 19 heavy (non-hydrogen) atoms. The molecule has 0 bridgehead atoms. The fraction of sp³-hybridized carbons (Fsp3) is 0.154. The fourth-order valence-corrected chi connectivity index (χ4v) is 1.86. The van der Waals surface area contributed by atoms with Crippen LogP contribution in [0.5, 0.6) is 11.6 Å². The van der Waals surface area contributed by atoms with Crippen molar-refractivity contribution in [3.8, 4) is 11.6 Å². The van der Waals surface area contributed by atoms with Gasteiger partial charge in [-0.3, -0.25) is 13.9 Å². The Morgan fingerprint density at radius 1 is 1.42 bits per heavy atom. The summed E-state index contributed by atoms with van der Waals surface area (Å²) in [6.07, 6.45) is 5.87. The summed E-state index contributed by atoms with van der Waals surface area (Å²) >= 11 is 0. The first-order chi connectivity index (χ1) is 9.31. The lowest BCUT2D eigenvalue weighted by Crippen LogP contribution is -1.93. The van der Waals surface area contributed by atoms with Gasteiger partial charge >= 0.3 is 0 Å². The molecule has 0 N–H and O–H groups in total. The molecule has 0 saturated carbocycles. The Bertz CT molecular complexity index is 729. The van der Waals surface area contributed by atoms with Crippen LogP contribution in [0, 0.1) is 0 Å². The number of pyridine rings is 1. The molecular formula is C13H12N4O2. The summed E-state index contributed by atoms with van der Waals surface area (Å²) in [6, 6.07) is 5.51. The smallest absolute Gasteiger partial charge is 0.249 e. The van der Waals surface area contributed by atoms with E-state index in [0.717, 1.165) is 12.8 Å². The number of nitrogens with zero attached hydrogens (tertiary/aromatic N) is 4. The first-order valence-corrected chi connectivity index (χ1v) is 5.94. The van der Waals surface area contributed by atoms with Crippen LogP contribution < -0.4 is 4.74 Å². The van der Waals surface area contributed by atoms with Gasteiger partial charge in [-0.2, -0.15) is 10.1 Å². The van der Waals surface area contributed by atoms with Crippen molar-refractivity contribution in [2.75, 3.05) is 0 Å². The minimum Gasteiger partial charge on any atom is -0.434 e. The second-order valence-corrected chi connectivity index (χ2v) is 3.98. The number of carbonyl (C=O) groups excluding carboxylic acids is 1. The maximum Gasteiger partial charge on any atom is 0.249 e. The van der Waals surface area contributed by atoms with Crippen LogP contribution in [0.4, 0.5) is 0 Å². The zero-order valence-corrected chi connectivity index (χ0v) is 10.4. The second-order valence-electron chi connectivity index (χ2n) is 3.98. The second kappa shape index (κ2) is 4.56. The summed E-state index contributed by atoms with van der Waals surface area (Å²) in [5, 5.41) is 4.11. The van der Waals surface area contributed by atoms with E-state index in [1.165, 1.54) is 0 Å². The third-order valence-corrected chi connectivity index (χ3v) is 2.79. The van der Waals surface area contributed by atoms with Crippen molar-refractivity contribution in [2.24, 2.45) is 0 Å². The molecule has 0 fully saturated rings. The van der Waals surface area contributed by atoms with Crippen molar-refractivity contribution in [1.82, 2.24) is 19.2 Å². The summed E-state index contributed by atoms with van der Waals surface area (Å²) in [5.41, 5.74) is 1.06. The van der Waals surface area contributed by atoms with Gasteiger partial charge in [-0.25, -0.2) is 0 Å². The van der Waals surface area contributed by atoms with E-state index in [2.05, 4.69) is 10.1 Å². The average Bonchev–Trinajstić information content (AvgIpc) is 3.02. The SMILES string of the molecule is CCn1cc(Oc2nc3ccccn3c2C=O)cn1. The van der Waals surface area contributed by atoms with E-state index in [-0.39, 0.29) is 5.88 Å². The fourth-order valence-electron chi connectivity index (χ4n) is 1.86. The van der Waals surface area contributed by atoms with Crippen LogP contribution in [0.25, 0.3) is 5.65 Å². The molecule has 0 spiro atoms. The molecule has 0 aliphatic heterocycles. The molecule has 6 heteroatoms. The highest BCUT2D eigenvalue weighted by molar-refractivity contribution is 5.78. The Balaban J connectivity index is 2.02. The van der Waals surface area contributed by atoms with Crippen LogP contribution >= 0.6 is 0 Å². The monoisotopic (exact) mass is 256 g/mol. The van der Waals surface area contributed by atoms with E-state index in [1.807, 2.05) is 25.1 Å². The third kappa shape index (κ3) is 1.97. The molecule has 6 nitrogen and oxygen atoms in total. The standard InChI is InChI=1S/C13H12N4O2/c1-2-16-8-10(7-14-16)19-13-11(9-18)17-6-4-3-5-12(17)15-13/h3-9H,2H2,1H3. The Hall–Kier alpha value is -2.63. The molecule has 0 unspecified atom stereocenters. The lowest BCUT2D eigenvalue weighted by molar-refractivity contribution is 0.111. The first-order valence-electron chi connectivity index (χ1n) is 5.94. The highest BCUT2D eigenvalue weighted by Crippen LogP contribution is 2.24. The molecule has 0 saturated heterocycles. The summed E-state index contributed by atoms with van der Waals surface area (Å²) in [4.78, 5) is 15.5. The van der Waals surface area contributed by atoms with Crippen LogP contribution in [0.15, 0.2) is 36.8 Å². The molecule has 3 heterocycles. The summed E-state index contributed by atoms with van der Waals surface area (Å²) < 4.78 is 9.05. The maximum absolute atomic E-state index is 11.2. The number of imidazole rings is 1. The molecule has 3 aromatic rings. The largest absolute Gasteiger partial charge is 0.434 e. The van der Waals surface area contributed by atoms with Gasteiger partial charge in [-0.1, -0.05) is 6.07 Å². The first kappa shape index (κ1) is 11.5. The van der Waals surface area contributed by atoms with Crippen molar-refractivity contribution in [2.45, 2.75) is 13.5 Å². The van der Waals surface area contributed by atoms with Crippen molar-refractivity contribution in [3.05, 3.63) is 42.5 Å². The number of hydrogen-bond acceptors (Lipinski definition) is 4. The molecular weight excluding hydrogens is 244 g/mol. The summed E-state index contributed by atoms with van der Waals surface area (Å²) in [5.74, 6) is 0.852. The van der Waals surface area contributed by atoms with E-state index < -0.39 is 0 Å². The molecule has 0 aliphatic carbocycles. The van der Waals surface area contributed by atoms with Crippen LogP contribution in [0.1, 0.15) is 17.4 Å². The van der Waals surface area contributed by atoms with Crippen molar-refractivity contribution in [1.29, 1.82) is 0 Å². The average molecular weight is 256 g/mol. The van der Waals surface area contributed by atoms with Crippen molar-refractivity contribution in [3.63, 3.8) is 0 Å². The van der Waals surface area contributed by atoms with Gasteiger partial charge in [-0.05, 0) is 19.1 Å². The van der Waals surface area contributed by atoms with Gasteiger partial charge in [0.15, 0.2) is 17.7 Å². The molecule has 0 atom stereocenters. The molecule has 96 valence electrons. The number of hydrogen-bond donors (Lipinski definition) is 0. The molecule has 0 aromatic carbocycles. The van der Waals surface area contributed by atoms with Crippen molar-refractivity contribution < 1.29 is 9.53 Å². The van der Waals surface area contributed by atoms with Gasteiger partial charge in [0.25, 0.3) is 0 Å². The topological polar surface area (TPSA) is 61.4 Å². The van der Waals surface area contributed by atoms with Gasteiger partial charge in [0, 0.05) is 12.7 Å². The summed E-state index contributed by atoms with van der Waals surface area (Å²) in [7, 11) is 0. The predicted octanol–water partition coefficient (Wildman–Crippen LogP) is 2.16. The number of ether oxygens (including phenoxy) is 1. The Kier molecular flexibility index (Phi) is 2.75. The zero-order chi connectivity index (χ0) is 13.2. The highest BCUT2D eigenvalue weighted by Gasteiger charge is 2.13. The van der Waals surface area contributed by atoms with Gasteiger partial charge in [0.1, 0.15) is 5.65 Å². The lowest BCUT2D eigenvalue weighted by Gasteiger charge is -1.98. The van der Waals surface area contributed by atoms with Crippen molar-refractivity contribution >= 4 is 11.9 Å². The van der Waals surface area contributed by atoms with Crippen LogP contribution in [-0.4, -0.2) is 25.5 Å². The molecule has 0 amide bonds. The minimum atomic E-state index is 0.289. The third-order valence-electron chi connectivity index (χ3n) is 2.79. The van der Waals surface area contributed by atoms with E-state index >= 15 is 0 Å². The highest BCUT2D eigenvalue weighted by atomic mass is 16.5. The van der Waals surface area contributed by atoms with Gasteiger partial charge in [0.2, 0.25) is 5.88 Å². The minimum absolute atomic E-state index is 0.289. The number of aldehydes is 1. The maximum atomic E-state index is 11.2. The van der Waals surface area contributed by atoms with Gasteiger partial charge < -0.3 is 4.74 Å².